The highest BCUT2D eigenvalue weighted by molar-refractivity contribution is 5.71. The number of halogens is 1. The number of nitrogens with one attached hydrogen (secondary N) is 1. The van der Waals surface area contributed by atoms with Gasteiger partial charge < -0.3 is 10.1 Å². The summed E-state index contributed by atoms with van der Waals surface area (Å²) >= 11 is 0. The maximum atomic E-state index is 12.8. The Morgan fingerprint density at radius 3 is 2.88 bits per heavy atom. The van der Waals surface area contributed by atoms with Gasteiger partial charge in [-0.2, -0.15) is 0 Å². The summed E-state index contributed by atoms with van der Waals surface area (Å²) in [6.07, 6.45) is 0. The quantitative estimate of drug-likeness (QED) is 0.610. The van der Waals surface area contributed by atoms with E-state index < -0.39 is 0 Å². The third-order valence-corrected chi connectivity index (χ3v) is 2.21. The number of carbonyl (C=O) groups excluding carboxylic acids is 1. The summed E-state index contributed by atoms with van der Waals surface area (Å²) in [5.41, 5.74) is 0.875. The van der Waals surface area contributed by atoms with Gasteiger partial charge in [0.15, 0.2) is 0 Å². The molecule has 4 heteroatoms. The van der Waals surface area contributed by atoms with Crippen molar-refractivity contribution >= 4 is 5.97 Å². The molecule has 0 aromatic heterocycles. The van der Waals surface area contributed by atoms with Crippen LogP contribution in [0.25, 0.3) is 0 Å². The van der Waals surface area contributed by atoms with Crippen molar-refractivity contribution in [2.75, 3.05) is 13.2 Å². The monoisotopic (exact) mass is 239 g/mol. The summed E-state index contributed by atoms with van der Waals surface area (Å²) in [5, 5.41) is 3.08. The van der Waals surface area contributed by atoms with Crippen LogP contribution in [0.15, 0.2) is 24.3 Å². The Balaban J connectivity index is 2.14. The number of ether oxygens (including phenoxy) is 1. The highest BCUT2D eigenvalue weighted by Crippen LogP contribution is 2.02. The second kappa shape index (κ2) is 7.01. The second-order valence-electron chi connectivity index (χ2n) is 4.13. The van der Waals surface area contributed by atoms with E-state index in [2.05, 4.69) is 5.32 Å². The maximum absolute atomic E-state index is 12.8. The van der Waals surface area contributed by atoms with Crippen LogP contribution in [-0.4, -0.2) is 19.1 Å². The van der Waals surface area contributed by atoms with E-state index >= 15 is 0 Å². The Labute approximate surface area is 101 Å². The molecular formula is C13H18FNO2. The topological polar surface area (TPSA) is 38.3 Å². The lowest BCUT2D eigenvalue weighted by molar-refractivity contribution is -0.147. The average Bonchev–Trinajstić information content (AvgIpc) is 2.28. The van der Waals surface area contributed by atoms with Crippen LogP contribution < -0.4 is 5.32 Å². The van der Waals surface area contributed by atoms with Crippen molar-refractivity contribution < 1.29 is 13.9 Å². The van der Waals surface area contributed by atoms with Crippen molar-refractivity contribution in [2.45, 2.75) is 20.4 Å². The molecular weight excluding hydrogens is 221 g/mol. The molecule has 0 amide bonds. The van der Waals surface area contributed by atoms with Crippen molar-refractivity contribution in [3.63, 3.8) is 0 Å². The van der Waals surface area contributed by atoms with Gasteiger partial charge in [-0.25, -0.2) is 4.39 Å². The molecule has 1 N–H and O–H groups in total. The molecule has 94 valence electrons. The van der Waals surface area contributed by atoms with E-state index in [4.69, 9.17) is 4.74 Å². The number of carbonyl (C=O) groups is 1. The number of rotatable bonds is 6. The lowest BCUT2D eigenvalue weighted by Gasteiger charge is -2.08. The van der Waals surface area contributed by atoms with E-state index in [1.807, 2.05) is 6.07 Å². The van der Waals surface area contributed by atoms with Crippen LogP contribution >= 0.6 is 0 Å². The largest absolute Gasteiger partial charge is 0.464 e. The Bertz CT molecular complexity index is 366. The van der Waals surface area contributed by atoms with Crippen molar-refractivity contribution in [1.29, 1.82) is 0 Å². The highest BCUT2D eigenvalue weighted by Gasteiger charge is 2.06. The molecule has 1 aromatic carbocycles. The van der Waals surface area contributed by atoms with E-state index in [9.17, 15) is 9.18 Å². The van der Waals surface area contributed by atoms with Crippen molar-refractivity contribution in [3.8, 4) is 0 Å². The summed E-state index contributed by atoms with van der Waals surface area (Å²) in [4.78, 5) is 11.1. The van der Waals surface area contributed by atoms with Crippen LogP contribution in [0.1, 0.15) is 19.4 Å². The van der Waals surface area contributed by atoms with E-state index in [0.717, 1.165) is 5.56 Å². The first-order valence-electron chi connectivity index (χ1n) is 5.71. The Hall–Kier alpha value is -1.42. The molecule has 0 saturated heterocycles. The van der Waals surface area contributed by atoms with Gasteiger partial charge in [0.25, 0.3) is 0 Å². The van der Waals surface area contributed by atoms with Crippen molar-refractivity contribution in [2.24, 2.45) is 5.92 Å². The van der Waals surface area contributed by atoms with Crippen molar-refractivity contribution in [3.05, 3.63) is 35.6 Å². The third kappa shape index (κ3) is 5.45. The Morgan fingerprint density at radius 2 is 2.24 bits per heavy atom. The standard InChI is InChI=1S/C13H18FNO2/c1-10(2)13(16)17-7-6-15-9-11-4-3-5-12(14)8-11/h3-5,8,10,15H,6-7,9H2,1-2H3. The molecule has 0 bridgehead atoms. The molecule has 0 aliphatic carbocycles. The number of esters is 1. The van der Waals surface area contributed by atoms with Gasteiger partial charge in [0, 0.05) is 13.1 Å². The van der Waals surface area contributed by atoms with E-state index in [1.54, 1.807) is 19.9 Å². The summed E-state index contributed by atoms with van der Waals surface area (Å²) in [5.74, 6) is -0.536. The molecule has 0 saturated carbocycles. The zero-order valence-corrected chi connectivity index (χ0v) is 10.2. The van der Waals surface area contributed by atoms with Crippen LogP contribution in [0.4, 0.5) is 4.39 Å². The second-order valence-corrected chi connectivity index (χ2v) is 4.13. The Morgan fingerprint density at radius 1 is 1.47 bits per heavy atom. The first kappa shape index (κ1) is 13.6. The van der Waals surface area contributed by atoms with Crippen LogP contribution in [-0.2, 0) is 16.1 Å². The molecule has 1 rings (SSSR count). The maximum Gasteiger partial charge on any atom is 0.308 e. The minimum absolute atomic E-state index is 0.0989. The summed E-state index contributed by atoms with van der Waals surface area (Å²) in [7, 11) is 0. The molecule has 0 spiro atoms. The summed E-state index contributed by atoms with van der Waals surface area (Å²) < 4.78 is 17.8. The van der Waals surface area contributed by atoms with Gasteiger partial charge in [0.1, 0.15) is 12.4 Å². The summed E-state index contributed by atoms with van der Waals surface area (Å²) in [6.45, 7) is 5.06. The lowest BCUT2D eigenvalue weighted by Crippen LogP contribution is -2.22. The Kier molecular flexibility index (Phi) is 5.63. The zero-order valence-electron chi connectivity index (χ0n) is 10.2. The number of benzene rings is 1. The zero-order chi connectivity index (χ0) is 12.7. The normalized spacial score (nSPS) is 10.6. The lowest BCUT2D eigenvalue weighted by atomic mass is 10.2. The predicted octanol–water partition coefficient (Wildman–Crippen LogP) is 2.11. The molecule has 0 fully saturated rings. The molecule has 1 aromatic rings. The molecule has 0 radical (unpaired) electrons. The van der Waals surface area contributed by atoms with Crippen LogP contribution in [0.3, 0.4) is 0 Å². The molecule has 0 atom stereocenters. The first-order chi connectivity index (χ1) is 8.09. The third-order valence-electron chi connectivity index (χ3n) is 2.21. The smallest absolute Gasteiger partial charge is 0.308 e. The fourth-order valence-electron chi connectivity index (χ4n) is 1.27. The van der Waals surface area contributed by atoms with Gasteiger partial charge in [-0.3, -0.25) is 4.79 Å². The minimum Gasteiger partial charge on any atom is -0.464 e. The molecule has 0 aliphatic rings. The SMILES string of the molecule is CC(C)C(=O)OCCNCc1cccc(F)c1. The van der Waals surface area contributed by atoms with Crippen LogP contribution in [0, 0.1) is 11.7 Å². The fourth-order valence-corrected chi connectivity index (χ4v) is 1.27. The van der Waals surface area contributed by atoms with Crippen LogP contribution in [0.2, 0.25) is 0 Å². The first-order valence-corrected chi connectivity index (χ1v) is 5.71. The van der Waals surface area contributed by atoms with Gasteiger partial charge >= 0.3 is 5.97 Å². The van der Waals surface area contributed by atoms with Gasteiger partial charge in [0.2, 0.25) is 0 Å². The van der Waals surface area contributed by atoms with Crippen molar-refractivity contribution in [1.82, 2.24) is 5.32 Å². The molecule has 17 heavy (non-hydrogen) atoms. The molecule has 0 unspecified atom stereocenters. The van der Waals surface area contributed by atoms with E-state index in [1.165, 1.54) is 12.1 Å². The number of hydrogen-bond donors (Lipinski definition) is 1. The van der Waals surface area contributed by atoms with Gasteiger partial charge in [-0.05, 0) is 17.7 Å². The number of hydrogen-bond acceptors (Lipinski definition) is 3. The fraction of sp³-hybridized carbons (Fsp3) is 0.462. The molecule has 0 heterocycles. The van der Waals surface area contributed by atoms with E-state index in [0.29, 0.717) is 19.7 Å². The average molecular weight is 239 g/mol. The van der Waals surface area contributed by atoms with Crippen LogP contribution in [0.5, 0.6) is 0 Å². The highest BCUT2D eigenvalue weighted by atomic mass is 19.1. The predicted molar refractivity (Wildman–Crippen MR) is 63.9 cm³/mol. The summed E-state index contributed by atoms with van der Waals surface area (Å²) in [6, 6.07) is 6.41. The minimum atomic E-state index is -0.240. The molecule has 0 aliphatic heterocycles. The van der Waals surface area contributed by atoms with Gasteiger partial charge in [-0.1, -0.05) is 26.0 Å². The van der Waals surface area contributed by atoms with E-state index in [-0.39, 0.29) is 17.7 Å². The van der Waals surface area contributed by atoms with Gasteiger partial charge in [-0.15, -0.1) is 0 Å². The molecule has 3 nitrogen and oxygen atoms in total. The van der Waals surface area contributed by atoms with Gasteiger partial charge in [0.05, 0.1) is 5.92 Å².